The Labute approximate surface area is 115 Å². The van der Waals surface area contributed by atoms with Crippen LogP contribution in [0.2, 0.25) is 5.02 Å². The van der Waals surface area contributed by atoms with Crippen molar-refractivity contribution in [3.8, 4) is 0 Å². The monoisotopic (exact) mass is 274 g/mol. The minimum Gasteiger partial charge on any atom is -0.341 e. The maximum Gasteiger partial charge on any atom is 0.269 e. The van der Waals surface area contributed by atoms with Gasteiger partial charge < -0.3 is 4.90 Å². The van der Waals surface area contributed by atoms with Crippen LogP contribution in [0.4, 0.5) is 17.1 Å². The standard InChI is InChI=1S/C14H11ClN2O2/c15-13-2-1-3-14-12(13)8-9-16(14)10-4-6-11(7-5-10)17(18)19/h1-7H,8-9H2. The minimum atomic E-state index is -0.390. The summed E-state index contributed by atoms with van der Waals surface area (Å²) in [5.74, 6) is 0. The number of fused-ring (bicyclic) bond motifs is 1. The molecule has 19 heavy (non-hydrogen) atoms. The van der Waals surface area contributed by atoms with Gasteiger partial charge in [0.1, 0.15) is 0 Å². The Morgan fingerprint density at radius 2 is 1.89 bits per heavy atom. The van der Waals surface area contributed by atoms with E-state index in [9.17, 15) is 10.1 Å². The number of non-ortho nitro benzene ring substituents is 1. The van der Waals surface area contributed by atoms with Crippen molar-refractivity contribution >= 4 is 28.7 Å². The first-order valence-electron chi connectivity index (χ1n) is 5.96. The van der Waals surface area contributed by atoms with Gasteiger partial charge in [-0.25, -0.2) is 0 Å². The molecule has 1 heterocycles. The number of nitrogens with zero attached hydrogens (tertiary/aromatic N) is 2. The first-order chi connectivity index (χ1) is 9.16. The second kappa shape index (κ2) is 4.55. The van der Waals surface area contributed by atoms with Crippen molar-refractivity contribution in [3.05, 3.63) is 63.2 Å². The average molecular weight is 275 g/mol. The third-order valence-electron chi connectivity index (χ3n) is 3.34. The molecule has 1 aliphatic rings. The largest absolute Gasteiger partial charge is 0.341 e. The molecule has 0 saturated carbocycles. The third kappa shape index (κ3) is 2.04. The summed E-state index contributed by atoms with van der Waals surface area (Å²) in [6.07, 6.45) is 0.895. The van der Waals surface area contributed by atoms with E-state index in [4.69, 9.17) is 11.6 Å². The van der Waals surface area contributed by atoms with Crippen molar-refractivity contribution in [2.45, 2.75) is 6.42 Å². The number of hydrogen-bond acceptors (Lipinski definition) is 3. The molecule has 0 aliphatic carbocycles. The summed E-state index contributed by atoms with van der Waals surface area (Å²) in [4.78, 5) is 12.4. The molecule has 0 saturated heterocycles. The number of benzene rings is 2. The second-order valence-corrected chi connectivity index (χ2v) is 4.82. The van der Waals surface area contributed by atoms with Crippen molar-refractivity contribution in [2.75, 3.05) is 11.4 Å². The number of hydrogen-bond donors (Lipinski definition) is 0. The molecule has 0 atom stereocenters. The molecule has 0 aromatic heterocycles. The van der Waals surface area contributed by atoms with E-state index in [1.165, 1.54) is 12.1 Å². The quantitative estimate of drug-likeness (QED) is 0.615. The summed E-state index contributed by atoms with van der Waals surface area (Å²) in [7, 11) is 0. The van der Waals surface area contributed by atoms with Gasteiger partial charge in [-0.15, -0.1) is 0 Å². The number of nitro benzene ring substituents is 1. The van der Waals surface area contributed by atoms with Gasteiger partial charge in [-0.05, 0) is 36.2 Å². The van der Waals surface area contributed by atoms with Gasteiger partial charge in [0.25, 0.3) is 5.69 Å². The lowest BCUT2D eigenvalue weighted by Gasteiger charge is -2.19. The highest BCUT2D eigenvalue weighted by atomic mass is 35.5. The van der Waals surface area contributed by atoms with E-state index in [2.05, 4.69) is 4.90 Å². The second-order valence-electron chi connectivity index (χ2n) is 4.41. The lowest BCUT2D eigenvalue weighted by atomic mass is 10.1. The third-order valence-corrected chi connectivity index (χ3v) is 3.70. The Morgan fingerprint density at radius 3 is 2.58 bits per heavy atom. The fourth-order valence-electron chi connectivity index (χ4n) is 2.41. The van der Waals surface area contributed by atoms with E-state index >= 15 is 0 Å². The van der Waals surface area contributed by atoms with Gasteiger partial charge >= 0.3 is 0 Å². The number of halogens is 1. The van der Waals surface area contributed by atoms with Crippen LogP contribution >= 0.6 is 11.6 Å². The predicted octanol–water partition coefficient (Wildman–Crippen LogP) is 3.94. The molecule has 4 nitrogen and oxygen atoms in total. The highest BCUT2D eigenvalue weighted by Gasteiger charge is 2.22. The van der Waals surface area contributed by atoms with Crippen LogP contribution in [0.15, 0.2) is 42.5 Å². The highest BCUT2D eigenvalue weighted by molar-refractivity contribution is 6.31. The van der Waals surface area contributed by atoms with Crippen molar-refractivity contribution in [1.82, 2.24) is 0 Å². The van der Waals surface area contributed by atoms with Crippen LogP contribution in [-0.4, -0.2) is 11.5 Å². The molecule has 3 rings (SSSR count). The summed E-state index contributed by atoms with van der Waals surface area (Å²) in [6, 6.07) is 12.4. The van der Waals surface area contributed by atoms with E-state index in [0.717, 1.165) is 34.9 Å². The summed E-state index contributed by atoms with van der Waals surface area (Å²) < 4.78 is 0. The van der Waals surface area contributed by atoms with Gasteiger partial charge in [-0.1, -0.05) is 17.7 Å². The van der Waals surface area contributed by atoms with Crippen LogP contribution in [0.1, 0.15) is 5.56 Å². The number of anilines is 2. The van der Waals surface area contributed by atoms with Crippen LogP contribution in [-0.2, 0) is 6.42 Å². The molecule has 0 spiro atoms. The van der Waals surface area contributed by atoms with E-state index < -0.39 is 4.92 Å². The molecule has 0 fully saturated rings. The minimum absolute atomic E-state index is 0.106. The topological polar surface area (TPSA) is 46.4 Å². The lowest BCUT2D eigenvalue weighted by molar-refractivity contribution is -0.384. The predicted molar refractivity (Wildman–Crippen MR) is 75.3 cm³/mol. The molecule has 0 radical (unpaired) electrons. The van der Waals surface area contributed by atoms with E-state index in [1.54, 1.807) is 12.1 Å². The van der Waals surface area contributed by atoms with Crippen LogP contribution in [0.5, 0.6) is 0 Å². The molecule has 2 aromatic rings. The van der Waals surface area contributed by atoms with Crippen LogP contribution in [0.3, 0.4) is 0 Å². The van der Waals surface area contributed by atoms with Gasteiger partial charge in [0.05, 0.1) is 4.92 Å². The Kier molecular flexibility index (Phi) is 2.87. The molecular weight excluding hydrogens is 264 g/mol. The Hall–Kier alpha value is -2.07. The van der Waals surface area contributed by atoms with Gasteiger partial charge in [0, 0.05) is 35.1 Å². The zero-order valence-electron chi connectivity index (χ0n) is 10.0. The summed E-state index contributed by atoms with van der Waals surface area (Å²) in [6.45, 7) is 0.844. The average Bonchev–Trinajstić information content (AvgIpc) is 2.84. The molecule has 0 amide bonds. The van der Waals surface area contributed by atoms with E-state index in [0.29, 0.717) is 0 Å². The van der Waals surface area contributed by atoms with Crippen LogP contribution in [0, 0.1) is 10.1 Å². The van der Waals surface area contributed by atoms with Crippen LogP contribution in [0.25, 0.3) is 0 Å². The molecule has 0 N–H and O–H groups in total. The highest BCUT2D eigenvalue weighted by Crippen LogP contribution is 2.38. The normalized spacial score (nSPS) is 13.4. The lowest BCUT2D eigenvalue weighted by Crippen LogP contribution is -2.12. The Bertz CT molecular complexity index is 640. The zero-order chi connectivity index (χ0) is 13.4. The molecule has 5 heteroatoms. The fourth-order valence-corrected chi connectivity index (χ4v) is 2.68. The molecular formula is C14H11ClN2O2. The first-order valence-corrected chi connectivity index (χ1v) is 6.34. The molecule has 0 bridgehead atoms. The molecule has 2 aromatic carbocycles. The SMILES string of the molecule is O=[N+]([O-])c1ccc(N2CCc3c(Cl)cccc32)cc1. The number of rotatable bonds is 2. The van der Waals surface area contributed by atoms with E-state index in [1.807, 2.05) is 18.2 Å². The fraction of sp³-hybridized carbons (Fsp3) is 0.143. The van der Waals surface area contributed by atoms with E-state index in [-0.39, 0.29) is 5.69 Å². The van der Waals surface area contributed by atoms with Crippen molar-refractivity contribution in [2.24, 2.45) is 0 Å². The smallest absolute Gasteiger partial charge is 0.269 e. The van der Waals surface area contributed by atoms with Gasteiger partial charge in [-0.3, -0.25) is 10.1 Å². The van der Waals surface area contributed by atoms with Gasteiger partial charge in [0.2, 0.25) is 0 Å². The maximum absolute atomic E-state index is 10.7. The summed E-state index contributed by atoms with van der Waals surface area (Å²) in [5.41, 5.74) is 3.28. The van der Waals surface area contributed by atoms with Crippen molar-refractivity contribution in [3.63, 3.8) is 0 Å². The number of nitro groups is 1. The first kappa shape index (κ1) is 12.0. The molecule has 1 aliphatic heterocycles. The molecule has 96 valence electrons. The van der Waals surface area contributed by atoms with Gasteiger partial charge in [-0.2, -0.15) is 0 Å². The van der Waals surface area contributed by atoms with Crippen LogP contribution < -0.4 is 4.90 Å². The zero-order valence-corrected chi connectivity index (χ0v) is 10.8. The summed E-state index contributed by atoms with van der Waals surface area (Å²) in [5, 5.41) is 11.4. The van der Waals surface area contributed by atoms with Crippen molar-refractivity contribution in [1.29, 1.82) is 0 Å². The van der Waals surface area contributed by atoms with Crippen molar-refractivity contribution < 1.29 is 4.92 Å². The summed E-state index contributed by atoms with van der Waals surface area (Å²) >= 11 is 6.17. The Balaban J connectivity index is 1.97. The molecule has 0 unspecified atom stereocenters. The maximum atomic E-state index is 10.7. The van der Waals surface area contributed by atoms with Gasteiger partial charge in [0.15, 0.2) is 0 Å². The Morgan fingerprint density at radius 1 is 1.16 bits per heavy atom.